The maximum absolute atomic E-state index is 14.3. The SMILES string of the molecule is CCCCCc1ccc(C#Cc2ccc(-c3cc(F)c(N=C=S)c(F)c3)cc2)c(F)c1. The van der Waals surface area contributed by atoms with E-state index in [1.165, 1.54) is 12.1 Å². The number of thiocarbonyl (C=S) groups is 1. The van der Waals surface area contributed by atoms with E-state index in [0.29, 0.717) is 22.3 Å². The molecule has 0 unspecified atom stereocenters. The van der Waals surface area contributed by atoms with Crippen molar-refractivity contribution in [3.63, 3.8) is 0 Å². The van der Waals surface area contributed by atoms with Gasteiger partial charge in [0.15, 0.2) is 11.6 Å². The van der Waals surface area contributed by atoms with E-state index < -0.39 is 17.3 Å². The Morgan fingerprint density at radius 2 is 1.52 bits per heavy atom. The molecule has 31 heavy (non-hydrogen) atoms. The number of halogens is 3. The summed E-state index contributed by atoms with van der Waals surface area (Å²) in [6.45, 7) is 2.13. The number of rotatable bonds is 6. The lowest BCUT2D eigenvalue weighted by Crippen LogP contribution is -1.90. The predicted octanol–water partition coefficient (Wildman–Crippen LogP) is 7.64. The van der Waals surface area contributed by atoms with E-state index in [4.69, 9.17) is 0 Å². The Hall–Kier alpha value is -3.19. The molecule has 3 rings (SSSR count). The molecule has 0 heterocycles. The van der Waals surface area contributed by atoms with E-state index in [2.05, 4.69) is 36.0 Å². The fraction of sp³-hybridized carbons (Fsp3) is 0.192. The number of aryl methyl sites for hydroxylation is 1. The zero-order valence-corrected chi connectivity index (χ0v) is 17.8. The normalized spacial score (nSPS) is 10.2. The molecular formula is C26H20F3NS. The van der Waals surface area contributed by atoms with Crippen LogP contribution in [-0.4, -0.2) is 5.16 Å². The van der Waals surface area contributed by atoms with Crippen molar-refractivity contribution in [3.05, 3.63) is 88.7 Å². The number of isothiocyanates is 1. The summed E-state index contributed by atoms with van der Waals surface area (Å²) in [5.74, 6) is 3.82. The van der Waals surface area contributed by atoms with E-state index >= 15 is 0 Å². The first-order valence-electron chi connectivity index (χ1n) is 9.99. The Kier molecular flexibility index (Phi) is 7.78. The average molecular weight is 436 g/mol. The Morgan fingerprint density at radius 3 is 2.13 bits per heavy atom. The van der Waals surface area contributed by atoms with Gasteiger partial charge in [0.2, 0.25) is 0 Å². The van der Waals surface area contributed by atoms with Crippen LogP contribution in [0.2, 0.25) is 0 Å². The quantitative estimate of drug-likeness (QED) is 0.168. The number of unbranched alkanes of at least 4 members (excludes halogenated alkanes) is 2. The summed E-state index contributed by atoms with van der Waals surface area (Å²) in [7, 11) is 0. The Labute approximate surface area is 185 Å². The van der Waals surface area contributed by atoms with Crippen LogP contribution in [0.3, 0.4) is 0 Å². The number of hydrogen-bond acceptors (Lipinski definition) is 2. The van der Waals surface area contributed by atoms with Crippen molar-refractivity contribution in [1.82, 2.24) is 0 Å². The van der Waals surface area contributed by atoms with Crippen LogP contribution in [-0.2, 0) is 6.42 Å². The van der Waals surface area contributed by atoms with Gasteiger partial charge in [-0.05, 0) is 78.1 Å². The van der Waals surface area contributed by atoms with Crippen LogP contribution in [0.4, 0.5) is 18.9 Å². The van der Waals surface area contributed by atoms with Gasteiger partial charge in [0, 0.05) is 5.56 Å². The summed E-state index contributed by atoms with van der Waals surface area (Å²) in [4.78, 5) is 3.40. The minimum atomic E-state index is -0.815. The molecule has 0 radical (unpaired) electrons. The molecule has 3 aromatic rings. The summed E-state index contributed by atoms with van der Waals surface area (Å²) < 4.78 is 42.4. The molecule has 0 aromatic heterocycles. The highest BCUT2D eigenvalue weighted by molar-refractivity contribution is 7.78. The van der Waals surface area contributed by atoms with E-state index in [1.54, 1.807) is 36.4 Å². The molecule has 0 aliphatic heterocycles. The summed E-state index contributed by atoms with van der Waals surface area (Å²) in [5, 5.41) is 1.96. The third-order valence-electron chi connectivity index (χ3n) is 4.84. The van der Waals surface area contributed by atoms with E-state index in [1.807, 2.05) is 11.2 Å². The van der Waals surface area contributed by atoms with Gasteiger partial charge in [0.25, 0.3) is 0 Å². The van der Waals surface area contributed by atoms with Gasteiger partial charge in [-0.3, -0.25) is 0 Å². The topological polar surface area (TPSA) is 12.4 Å². The van der Waals surface area contributed by atoms with Crippen molar-refractivity contribution in [2.75, 3.05) is 0 Å². The standard InChI is InChI=1S/C26H20F3NS/c1-2-3-4-5-19-9-13-21(23(27)14-19)12-8-18-6-10-20(11-7-18)22-15-24(28)26(30-17-31)25(29)16-22/h6-7,9-11,13-16H,2-5H2,1H3. The van der Waals surface area contributed by atoms with Crippen LogP contribution in [0, 0.1) is 29.3 Å². The molecule has 0 fully saturated rings. The molecular weight excluding hydrogens is 415 g/mol. The third-order valence-corrected chi connectivity index (χ3v) is 4.93. The van der Waals surface area contributed by atoms with Gasteiger partial charge in [-0.2, -0.15) is 4.99 Å². The molecule has 0 amide bonds. The van der Waals surface area contributed by atoms with Crippen LogP contribution in [0.1, 0.15) is 42.9 Å². The molecule has 1 nitrogen and oxygen atoms in total. The monoisotopic (exact) mass is 435 g/mol. The van der Waals surface area contributed by atoms with Gasteiger partial charge in [-0.15, -0.1) is 0 Å². The maximum atomic E-state index is 14.3. The van der Waals surface area contributed by atoms with Crippen molar-refractivity contribution < 1.29 is 13.2 Å². The van der Waals surface area contributed by atoms with Gasteiger partial charge in [-0.25, -0.2) is 13.2 Å². The Morgan fingerprint density at radius 1 is 0.806 bits per heavy atom. The lowest BCUT2D eigenvalue weighted by atomic mass is 10.0. The highest BCUT2D eigenvalue weighted by Gasteiger charge is 2.11. The zero-order valence-electron chi connectivity index (χ0n) is 17.0. The van der Waals surface area contributed by atoms with Gasteiger partial charge < -0.3 is 0 Å². The van der Waals surface area contributed by atoms with Crippen molar-refractivity contribution >= 4 is 23.1 Å². The van der Waals surface area contributed by atoms with Crippen LogP contribution < -0.4 is 0 Å². The highest BCUT2D eigenvalue weighted by atomic mass is 32.1. The molecule has 0 aliphatic rings. The third kappa shape index (κ3) is 5.92. The molecule has 0 saturated heterocycles. The van der Waals surface area contributed by atoms with Crippen molar-refractivity contribution in [2.45, 2.75) is 32.6 Å². The van der Waals surface area contributed by atoms with E-state index in [9.17, 15) is 13.2 Å². The van der Waals surface area contributed by atoms with Crippen LogP contribution in [0.5, 0.6) is 0 Å². The lowest BCUT2D eigenvalue weighted by molar-refractivity contribution is 0.588. The minimum Gasteiger partial charge on any atom is -0.206 e. The Bertz CT molecular complexity index is 1160. The van der Waals surface area contributed by atoms with Gasteiger partial charge in [0.05, 0.1) is 10.7 Å². The predicted molar refractivity (Wildman–Crippen MR) is 122 cm³/mol. The summed E-state index contributed by atoms with van der Waals surface area (Å²) in [5.41, 5.74) is 2.49. The zero-order chi connectivity index (χ0) is 22.2. The summed E-state index contributed by atoms with van der Waals surface area (Å²) in [6.07, 6.45) is 4.16. The second-order valence-corrected chi connectivity index (χ2v) is 7.27. The summed E-state index contributed by atoms with van der Waals surface area (Å²) in [6, 6.07) is 14.4. The average Bonchev–Trinajstić information content (AvgIpc) is 2.76. The van der Waals surface area contributed by atoms with Crippen molar-refractivity contribution in [1.29, 1.82) is 0 Å². The van der Waals surface area contributed by atoms with Crippen molar-refractivity contribution in [2.24, 2.45) is 4.99 Å². The number of hydrogen-bond donors (Lipinski definition) is 0. The smallest absolute Gasteiger partial charge is 0.153 e. The second-order valence-electron chi connectivity index (χ2n) is 7.09. The molecule has 0 saturated carbocycles. The minimum absolute atomic E-state index is 0.330. The Balaban J connectivity index is 1.77. The summed E-state index contributed by atoms with van der Waals surface area (Å²) >= 11 is 4.40. The van der Waals surface area contributed by atoms with Gasteiger partial charge in [0.1, 0.15) is 11.5 Å². The van der Waals surface area contributed by atoms with Crippen LogP contribution >= 0.6 is 12.2 Å². The lowest BCUT2D eigenvalue weighted by Gasteiger charge is -2.05. The molecule has 0 spiro atoms. The first-order valence-corrected chi connectivity index (χ1v) is 10.4. The van der Waals surface area contributed by atoms with Crippen LogP contribution in [0.25, 0.3) is 11.1 Å². The molecule has 0 bridgehead atoms. The number of nitrogens with zero attached hydrogens (tertiary/aromatic N) is 1. The maximum Gasteiger partial charge on any atom is 0.153 e. The molecule has 0 aliphatic carbocycles. The molecule has 5 heteroatoms. The number of aliphatic imine (C=N–C) groups is 1. The first kappa shape index (κ1) is 22.5. The highest BCUT2D eigenvalue weighted by Crippen LogP contribution is 2.29. The molecule has 0 N–H and O–H groups in total. The first-order chi connectivity index (χ1) is 15.0. The fourth-order valence-corrected chi connectivity index (χ4v) is 3.26. The van der Waals surface area contributed by atoms with Crippen molar-refractivity contribution in [3.8, 4) is 23.0 Å². The van der Waals surface area contributed by atoms with E-state index in [0.717, 1.165) is 31.2 Å². The van der Waals surface area contributed by atoms with Gasteiger partial charge >= 0.3 is 0 Å². The fourth-order valence-electron chi connectivity index (χ4n) is 3.16. The largest absolute Gasteiger partial charge is 0.206 e. The molecule has 0 atom stereocenters. The molecule has 156 valence electrons. The number of benzene rings is 3. The molecule has 3 aromatic carbocycles. The van der Waals surface area contributed by atoms with Crippen LogP contribution in [0.15, 0.2) is 59.6 Å². The van der Waals surface area contributed by atoms with E-state index in [-0.39, 0.29) is 5.82 Å². The van der Waals surface area contributed by atoms with Gasteiger partial charge in [-0.1, -0.05) is 49.8 Å². The second kappa shape index (κ2) is 10.7.